The molecule has 94 valence electrons. The van der Waals surface area contributed by atoms with Crippen LogP contribution in [0.1, 0.15) is 52.4 Å². The molecule has 2 fully saturated rings. The van der Waals surface area contributed by atoms with Gasteiger partial charge in [-0.05, 0) is 58.4 Å². The van der Waals surface area contributed by atoms with Crippen molar-refractivity contribution in [2.75, 3.05) is 13.6 Å². The maximum Gasteiger partial charge on any atom is 0.0221 e. The maximum atomic E-state index is 3.62. The highest BCUT2D eigenvalue weighted by Crippen LogP contribution is 2.28. The molecule has 2 aliphatic rings. The van der Waals surface area contributed by atoms with Crippen LogP contribution in [-0.2, 0) is 0 Å². The minimum atomic E-state index is 0.732. The number of likely N-dealkylation sites (N-methyl/N-ethyl adjacent to an activating group) is 1. The first-order valence-electron chi connectivity index (χ1n) is 7.12. The lowest BCUT2D eigenvalue weighted by Crippen LogP contribution is -2.51. The van der Waals surface area contributed by atoms with E-state index < -0.39 is 0 Å². The number of hydrogen-bond donors (Lipinski definition) is 1. The Labute approximate surface area is 101 Å². The van der Waals surface area contributed by atoms with Gasteiger partial charge in [-0.15, -0.1) is 0 Å². The Morgan fingerprint density at radius 1 is 0.875 bits per heavy atom. The van der Waals surface area contributed by atoms with E-state index in [1.807, 2.05) is 0 Å². The van der Waals surface area contributed by atoms with Gasteiger partial charge < -0.3 is 5.32 Å². The molecule has 1 aliphatic carbocycles. The van der Waals surface area contributed by atoms with E-state index in [4.69, 9.17) is 0 Å². The van der Waals surface area contributed by atoms with Crippen LogP contribution >= 0.6 is 0 Å². The number of rotatable bonds is 2. The fourth-order valence-electron chi connectivity index (χ4n) is 3.28. The standard InChI is InChI=1S/C14H28N2/c1-11-4-7-13(8-5-11)16(3)14-9-6-12(2)15-10-14/h11-15H,4-10H2,1-3H3. The van der Waals surface area contributed by atoms with Crippen molar-refractivity contribution in [1.29, 1.82) is 0 Å². The Kier molecular flexibility index (Phi) is 4.26. The Balaban J connectivity index is 1.80. The highest BCUT2D eigenvalue weighted by molar-refractivity contribution is 4.86. The van der Waals surface area contributed by atoms with Crippen molar-refractivity contribution in [1.82, 2.24) is 10.2 Å². The molecule has 0 bridgehead atoms. The molecule has 1 heterocycles. The highest BCUT2D eigenvalue weighted by atomic mass is 15.2. The average Bonchev–Trinajstić information content (AvgIpc) is 2.30. The Morgan fingerprint density at radius 3 is 2.06 bits per heavy atom. The molecule has 1 saturated carbocycles. The fourth-order valence-corrected chi connectivity index (χ4v) is 3.28. The Bertz CT molecular complexity index is 179. The summed E-state index contributed by atoms with van der Waals surface area (Å²) >= 11 is 0. The molecule has 1 saturated heterocycles. The molecule has 2 rings (SSSR count). The van der Waals surface area contributed by atoms with Crippen LogP contribution < -0.4 is 5.32 Å². The monoisotopic (exact) mass is 224 g/mol. The van der Waals surface area contributed by atoms with Gasteiger partial charge in [0.2, 0.25) is 0 Å². The third kappa shape index (κ3) is 2.98. The van der Waals surface area contributed by atoms with Crippen molar-refractivity contribution >= 4 is 0 Å². The molecule has 2 unspecified atom stereocenters. The van der Waals surface area contributed by atoms with Crippen molar-refractivity contribution in [3.63, 3.8) is 0 Å². The second-order valence-corrected chi connectivity index (χ2v) is 6.12. The molecule has 16 heavy (non-hydrogen) atoms. The third-order valence-electron chi connectivity index (χ3n) is 4.77. The predicted octanol–water partition coefficient (Wildman–Crippen LogP) is 2.64. The molecule has 0 aromatic carbocycles. The van der Waals surface area contributed by atoms with Crippen LogP contribution in [0.4, 0.5) is 0 Å². The van der Waals surface area contributed by atoms with Crippen LogP contribution in [0, 0.1) is 5.92 Å². The lowest BCUT2D eigenvalue weighted by atomic mass is 9.85. The molecule has 0 aromatic heterocycles. The van der Waals surface area contributed by atoms with E-state index in [2.05, 4.69) is 31.1 Å². The molecular weight excluding hydrogens is 196 g/mol. The van der Waals surface area contributed by atoms with Crippen molar-refractivity contribution in [3.05, 3.63) is 0 Å². The first-order chi connectivity index (χ1) is 7.66. The number of nitrogens with zero attached hydrogens (tertiary/aromatic N) is 1. The topological polar surface area (TPSA) is 15.3 Å². The van der Waals surface area contributed by atoms with Crippen LogP contribution in [0.5, 0.6) is 0 Å². The summed E-state index contributed by atoms with van der Waals surface area (Å²) in [7, 11) is 2.35. The van der Waals surface area contributed by atoms with Gasteiger partial charge in [0, 0.05) is 24.7 Å². The zero-order valence-electron chi connectivity index (χ0n) is 11.2. The summed E-state index contributed by atoms with van der Waals surface area (Å²) in [6.07, 6.45) is 8.44. The summed E-state index contributed by atoms with van der Waals surface area (Å²) in [5.74, 6) is 0.967. The lowest BCUT2D eigenvalue weighted by molar-refractivity contribution is 0.100. The minimum absolute atomic E-state index is 0.732. The molecule has 0 spiro atoms. The van der Waals surface area contributed by atoms with E-state index in [1.54, 1.807) is 0 Å². The van der Waals surface area contributed by atoms with Gasteiger partial charge in [0.1, 0.15) is 0 Å². The van der Waals surface area contributed by atoms with E-state index in [-0.39, 0.29) is 0 Å². The van der Waals surface area contributed by atoms with Gasteiger partial charge in [-0.2, -0.15) is 0 Å². The minimum Gasteiger partial charge on any atom is -0.313 e. The molecule has 2 heteroatoms. The summed E-state index contributed by atoms with van der Waals surface area (Å²) in [4.78, 5) is 2.67. The molecule has 2 nitrogen and oxygen atoms in total. The lowest BCUT2D eigenvalue weighted by Gasteiger charge is -2.41. The van der Waals surface area contributed by atoms with Crippen molar-refractivity contribution in [2.24, 2.45) is 5.92 Å². The van der Waals surface area contributed by atoms with Crippen LogP contribution in [0.25, 0.3) is 0 Å². The second kappa shape index (κ2) is 5.50. The average molecular weight is 224 g/mol. The van der Waals surface area contributed by atoms with E-state index in [0.29, 0.717) is 0 Å². The summed E-state index contributed by atoms with van der Waals surface area (Å²) in [6.45, 7) is 5.91. The van der Waals surface area contributed by atoms with Crippen LogP contribution in [-0.4, -0.2) is 36.6 Å². The highest BCUT2D eigenvalue weighted by Gasteiger charge is 2.28. The molecule has 0 amide bonds. The summed E-state index contributed by atoms with van der Waals surface area (Å²) in [6, 6.07) is 2.38. The zero-order valence-corrected chi connectivity index (χ0v) is 11.2. The molecule has 2 atom stereocenters. The van der Waals surface area contributed by atoms with Crippen LogP contribution in [0.3, 0.4) is 0 Å². The van der Waals surface area contributed by atoms with Crippen LogP contribution in [0.15, 0.2) is 0 Å². The zero-order chi connectivity index (χ0) is 11.5. The van der Waals surface area contributed by atoms with Gasteiger partial charge >= 0.3 is 0 Å². The molecule has 1 aliphatic heterocycles. The quantitative estimate of drug-likeness (QED) is 0.776. The Hall–Kier alpha value is -0.0800. The van der Waals surface area contributed by atoms with Gasteiger partial charge in [-0.3, -0.25) is 4.90 Å². The number of piperidine rings is 1. The van der Waals surface area contributed by atoms with E-state index in [0.717, 1.165) is 24.0 Å². The van der Waals surface area contributed by atoms with Gasteiger partial charge in [0.25, 0.3) is 0 Å². The maximum absolute atomic E-state index is 3.62. The van der Waals surface area contributed by atoms with Crippen LogP contribution in [0.2, 0.25) is 0 Å². The van der Waals surface area contributed by atoms with Crippen molar-refractivity contribution in [2.45, 2.75) is 70.5 Å². The SMILES string of the molecule is CC1CCC(N(C)C2CCC(C)NC2)CC1. The molecule has 1 N–H and O–H groups in total. The van der Waals surface area contributed by atoms with E-state index in [9.17, 15) is 0 Å². The molecule has 0 aromatic rings. The smallest absolute Gasteiger partial charge is 0.0221 e. The summed E-state index contributed by atoms with van der Waals surface area (Å²) in [5.41, 5.74) is 0. The van der Waals surface area contributed by atoms with Gasteiger partial charge in [0.05, 0.1) is 0 Å². The number of hydrogen-bond acceptors (Lipinski definition) is 2. The summed E-state index contributed by atoms with van der Waals surface area (Å²) in [5, 5.41) is 3.62. The largest absolute Gasteiger partial charge is 0.313 e. The first kappa shape index (κ1) is 12.4. The molecule has 0 radical (unpaired) electrons. The van der Waals surface area contributed by atoms with Crippen molar-refractivity contribution in [3.8, 4) is 0 Å². The van der Waals surface area contributed by atoms with Gasteiger partial charge in [-0.1, -0.05) is 6.92 Å². The van der Waals surface area contributed by atoms with E-state index >= 15 is 0 Å². The van der Waals surface area contributed by atoms with Gasteiger partial charge in [-0.25, -0.2) is 0 Å². The van der Waals surface area contributed by atoms with E-state index in [1.165, 1.54) is 45.1 Å². The summed E-state index contributed by atoms with van der Waals surface area (Å²) < 4.78 is 0. The Morgan fingerprint density at radius 2 is 1.50 bits per heavy atom. The predicted molar refractivity (Wildman–Crippen MR) is 69.7 cm³/mol. The first-order valence-corrected chi connectivity index (χ1v) is 7.12. The van der Waals surface area contributed by atoms with Gasteiger partial charge in [0.15, 0.2) is 0 Å². The normalized spacial score (nSPS) is 41.2. The van der Waals surface area contributed by atoms with Crippen molar-refractivity contribution < 1.29 is 0 Å². The second-order valence-electron chi connectivity index (χ2n) is 6.12. The molecular formula is C14H28N2. The third-order valence-corrected chi connectivity index (χ3v) is 4.77. The number of nitrogens with one attached hydrogen (secondary N) is 1. The fraction of sp³-hybridized carbons (Fsp3) is 1.00.